The number of alkyl halides is 3. The molecular formula is C20H13F3N4O4. The van der Waals surface area contributed by atoms with Crippen molar-refractivity contribution in [2.45, 2.75) is 25.1 Å². The lowest BCUT2D eigenvalue weighted by Gasteiger charge is -2.12. The SMILES string of the molecule is O=C(ON1C(=O)c2ccccc2C1=O)[C@H]1C[C@@H]1c1ccc2cnn(CC(F)(F)F)c2n1. The maximum atomic E-state index is 12.7. The molecule has 1 saturated carbocycles. The number of carbonyl (C=O) groups is 3. The van der Waals surface area contributed by atoms with Crippen molar-refractivity contribution >= 4 is 28.8 Å². The summed E-state index contributed by atoms with van der Waals surface area (Å²) in [6.07, 6.45) is -2.82. The highest BCUT2D eigenvalue weighted by atomic mass is 19.4. The Hall–Kier alpha value is -3.76. The molecule has 2 aromatic heterocycles. The molecule has 1 fully saturated rings. The summed E-state index contributed by atoms with van der Waals surface area (Å²) in [5.41, 5.74) is 0.783. The molecule has 3 aromatic rings. The van der Waals surface area contributed by atoms with Crippen molar-refractivity contribution in [1.29, 1.82) is 0 Å². The monoisotopic (exact) mass is 430 g/mol. The van der Waals surface area contributed by atoms with Crippen LogP contribution in [0.1, 0.15) is 38.7 Å². The topological polar surface area (TPSA) is 94.4 Å². The molecule has 0 radical (unpaired) electrons. The van der Waals surface area contributed by atoms with Crippen LogP contribution in [0.3, 0.4) is 0 Å². The summed E-state index contributed by atoms with van der Waals surface area (Å²) in [6, 6.07) is 9.32. The summed E-state index contributed by atoms with van der Waals surface area (Å²) in [7, 11) is 0. The lowest BCUT2D eigenvalue weighted by molar-refractivity contribution is -0.170. The third kappa shape index (κ3) is 3.31. The molecule has 1 aliphatic carbocycles. The Morgan fingerprint density at radius 3 is 2.42 bits per heavy atom. The number of nitrogens with zero attached hydrogens (tertiary/aromatic N) is 4. The molecule has 158 valence electrons. The molecule has 3 heterocycles. The van der Waals surface area contributed by atoms with Crippen LogP contribution >= 0.6 is 0 Å². The summed E-state index contributed by atoms with van der Waals surface area (Å²) >= 11 is 0. The summed E-state index contributed by atoms with van der Waals surface area (Å²) < 4.78 is 39.0. The number of pyridine rings is 1. The zero-order chi connectivity index (χ0) is 21.9. The lowest BCUT2D eigenvalue weighted by Crippen LogP contribution is -2.33. The predicted octanol–water partition coefficient (Wildman–Crippen LogP) is 2.85. The van der Waals surface area contributed by atoms with Gasteiger partial charge in [0.1, 0.15) is 6.54 Å². The summed E-state index contributed by atoms with van der Waals surface area (Å²) in [6.45, 7) is -1.27. The van der Waals surface area contributed by atoms with E-state index in [0.29, 0.717) is 22.6 Å². The van der Waals surface area contributed by atoms with E-state index in [-0.39, 0.29) is 22.7 Å². The third-order valence-electron chi connectivity index (χ3n) is 5.25. The average molecular weight is 430 g/mol. The van der Waals surface area contributed by atoms with Crippen molar-refractivity contribution in [3.05, 3.63) is 59.4 Å². The number of carbonyl (C=O) groups excluding carboxylic acids is 3. The Labute approximate surface area is 172 Å². The van der Waals surface area contributed by atoms with E-state index in [4.69, 9.17) is 4.84 Å². The fraction of sp³-hybridized carbons (Fsp3) is 0.250. The minimum absolute atomic E-state index is 0.0641. The number of hydrogen-bond acceptors (Lipinski definition) is 6. The van der Waals surface area contributed by atoms with Crippen molar-refractivity contribution < 1.29 is 32.4 Å². The van der Waals surface area contributed by atoms with Gasteiger partial charge >= 0.3 is 12.1 Å². The van der Waals surface area contributed by atoms with Gasteiger partial charge in [-0.3, -0.25) is 9.59 Å². The smallest absolute Gasteiger partial charge is 0.329 e. The zero-order valence-corrected chi connectivity index (χ0v) is 15.7. The molecule has 1 aromatic carbocycles. The van der Waals surface area contributed by atoms with Gasteiger partial charge in [0.15, 0.2) is 5.65 Å². The van der Waals surface area contributed by atoms with E-state index in [1.165, 1.54) is 18.3 Å². The van der Waals surface area contributed by atoms with E-state index in [0.717, 1.165) is 4.68 Å². The van der Waals surface area contributed by atoms with E-state index in [1.54, 1.807) is 24.3 Å². The third-order valence-corrected chi connectivity index (χ3v) is 5.25. The summed E-state index contributed by atoms with van der Waals surface area (Å²) in [4.78, 5) is 46.4. The molecular weight excluding hydrogens is 417 g/mol. The molecule has 8 nitrogen and oxygen atoms in total. The van der Waals surface area contributed by atoms with Gasteiger partial charge in [0.2, 0.25) is 0 Å². The van der Waals surface area contributed by atoms with Crippen molar-refractivity contribution in [1.82, 2.24) is 19.8 Å². The maximum Gasteiger partial charge on any atom is 0.408 e. The Bertz CT molecular complexity index is 1220. The number of fused-ring (bicyclic) bond motifs is 2. The van der Waals surface area contributed by atoms with E-state index < -0.39 is 36.4 Å². The van der Waals surface area contributed by atoms with Crippen LogP contribution in [0.15, 0.2) is 42.6 Å². The highest BCUT2D eigenvalue weighted by Gasteiger charge is 2.49. The minimum atomic E-state index is -4.45. The van der Waals surface area contributed by atoms with Crippen LogP contribution < -0.4 is 0 Å². The summed E-state index contributed by atoms with van der Waals surface area (Å²) in [5.74, 6) is -3.26. The standard InChI is InChI=1S/C20H13F3N4O4/c21-20(22,23)9-26-16-10(8-24-26)5-6-15(25-16)13-7-14(13)19(30)31-27-17(28)11-3-1-2-4-12(11)18(27)29/h1-6,8,13-14H,7,9H2/t13-,14-/m0/s1. The Kier molecular flexibility index (Phi) is 4.11. The Morgan fingerprint density at radius 1 is 1.10 bits per heavy atom. The van der Waals surface area contributed by atoms with Crippen molar-refractivity contribution in [2.24, 2.45) is 5.92 Å². The first-order chi connectivity index (χ1) is 14.7. The van der Waals surface area contributed by atoms with Crippen LogP contribution in [-0.4, -0.2) is 43.8 Å². The van der Waals surface area contributed by atoms with Crippen LogP contribution in [0.2, 0.25) is 0 Å². The average Bonchev–Trinajstić information content (AvgIpc) is 3.40. The fourth-order valence-electron chi connectivity index (χ4n) is 3.65. The van der Waals surface area contributed by atoms with Crippen molar-refractivity contribution in [3.8, 4) is 0 Å². The second-order valence-electron chi connectivity index (χ2n) is 7.38. The zero-order valence-electron chi connectivity index (χ0n) is 15.7. The summed E-state index contributed by atoms with van der Waals surface area (Å²) in [5, 5.41) is 4.61. The van der Waals surface area contributed by atoms with Gasteiger partial charge in [0, 0.05) is 17.0 Å². The first-order valence-corrected chi connectivity index (χ1v) is 9.32. The van der Waals surface area contributed by atoms with Crippen molar-refractivity contribution in [2.75, 3.05) is 0 Å². The van der Waals surface area contributed by atoms with E-state index in [2.05, 4.69) is 10.1 Å². The van der Waals surface area contributed by atoms with Gasteiger partial charge in [-0.2, -0.15) is 18.3 Å². The minimum Gasteiger partial charge on any atom is -0.329 e. The van der Waals surface area contributed by atoms with Crippen LogP contribution in [0, 0.1) is 5.92 Å². The van der Waals surface area contributed by atoms with Gasteiger partial charge in [-0.05, 0) is 30.7 Å². The van der Waals surface area contributed by atoms with E-state index in [1.807, 2.05) is 0 Å². The van der Waals surface area contributed by atoms with E-state index in [9.17, 15) is 27.6 Å². The number of aromatic nitrogens is 3. The molecule has 0 spiro atoms. The van der Waals surface area contributed by atoms with Gasteiger partial charge in [-0.25, -0.2) is 14.5 Å². The Balaban J connectivity index is 1.31. The number of amides is 2. The lowest BCUT2D eigenvalue weighted by atomic mass is 10.1. The number of imide groups is 1. The van der Waals surface area contributed by atoms with Crippen LogP contribution in [-0.2, 0) is 16.2 Å². The second-order valence-corrected chi connectivity index (χ2v) is 7.38. The van der Waals surface area contributed by atoms with Gasteiger partial charge in [0.25, 0.3) is 11.8 Å². The predicted molar refractivity (Wildman–Crippen MR) is 97.5 cm³/mol. The normalized spacial score (nSPS) is 20.3. The molecule has 31 heavy (non-hydrogen) atoms. The first-order valence-electron chi connectivity index (χ1n) is 9.32. The van der Waals surface area contributed by atoms with Gasteiger partial charge in [-0.15, -0.1) is 0 Å². The number of benzene rings is 1. The number of hydrogen-bond donors (Lipinski definition) is 0. The molecule has 2 atom stereocenters. The molecule has 0 bridgehead atoms. The van der Waals surface area contributed by atoms with Crippen LogP contribution in [0.4, 0.5) is 13.2 Å². The van der Waals surface area contributed by atoms with Crippen molar-refractivity contribution in [3.63, 3.8) is 0 Å². The van der Waals surface area contributed by atoms with Gasteiger partial charge in [-0.1, -0.05) is 17.2 Å². The molecule has 0 N–H and O–H groups in total. The van der Waals surface area contributed by atoms with Gasteiger partial charge in [0.05, 0.1) is 23.2 Å². The second kappa shape index (κ2) is 6.62. The molecule has 11 heteroatoms. The molecule has 1 aliphatic heterocycles. The first kappa shape index (κ1) is 19.2. The highest BCUT2D eigenvalue weighted by Crippen LogP contribution is 2.48. The molecule has 5 rings (SSSR count). The Morgan fingerprint density at radius 2 is 1.77 bits per heavy atom. The molecule has 2 aliphatic rings. The molecule has 2 amide bonds. The number of rotatable bonds is 4. The quantitative estimate of drug-likeness (QED) is 0.591. The fourth-order valence-corrected chi connectivity index (χ4v) is 3.65. The number of hydroxylamine groups is 2. The van der Waals surface area contributed by atoms with E-state index >= 15 is 0 Å². The molecule has 0 saturated heterocycles. The number of halogens is 3. The van der Waals surface area contributed by atoms with Crippen LogP contribution in [0.5, 0.6) is 0 Å². The molecule has 0 unspecified atom stereocenters. The largest absolute Gasteiger partial charge is 0.408 e. The maximum absolute atomic E-state index is 12.7. The van der Waals surface area contributed by atoms with Crippen LogP contribution in [0.25, 0.3) is 11.0 Å². The van der Waals surface area contributed by atoms with Gasteiger partial charge < -0.3 is 4.84 Å². The highest BCUT2D eigenvalue weighted by molar-refractivity contribution is 6.20.